The molecule has 0 aliphatic rings. The lowest BCUT2D eigenvalue weighted by Gasteiger charge is -2.07. The number of anilines is 1. The van der Waals surface area contributed by atoms with Gasteiger partial charge in [0.05, 0.1) is 13.5 Å². The summed E-state index contributed by atoms with van der Waals surface area (Å²) in [4.78, 5) is 13.2. The summed E-state index contributed by atoms with van der Waals surface area (Å²) in [6.45, 7) is 0. The summed E-state index contributed by atoms with van der Waals surface area (Å²) in [6, 6.07) is 15.3. The van der Waals surface area contributed by atoms with Gasteiger partial charge in [-0.05, 0) is 48.2 Å². The number of methoxy groups -OCH3 is 1. The third-order valence-electron chi connectivity index (χ3n) is 2.87. The molecule has 2 aromatic carbocycles. The highest BCUT2D eigenvalue weighted by Gasteiger charge is 2.05. The Hall–Kier alpha value is -1.94. The van der Waals surface area contributed by atoms with Gasteiger partial charge in [-0.3, -0.25) is 4.79 Å². The fourth-order valence-corrected chi connectivity index (χ4v) is 2.26. The predicted molar refractivity (Wildman–Crippen MR) is 83.6 cm³/mol. The average molecular weight is 287 g/mol. The molecule has 0 unspecified atom stereocenters. The van der Waals surface area contributed by atoms with Gasteiger partial charge in [0, 0.05) is 10.6 Å². The van der Waals surface area contributed by atoms with Crippen molar-refractivity contribution >= 4 is 23.4 Å². The molecule has 0 spiro atoms. The van der Waals surface area contributed by atoms with Crippen molar-refractivity contribution in [3.8, 4) is 5.75 Å². The molecule has 0 radical (unpaired) electrons. The molecule has 2 aromatic rings. The number of thioether (sulfide) groups is 1. The summed E-state index contributed by atoms with van der Waals surface area (Å²) in [5.74, 6) is 0.731. The number of carbonyl (C=O) groups excluding carboxylic acids is 1. The maximum atomic E-state index is 12.0. The normalized spacial score (nSPS) is 10.1. The van der Waals surface area contributed by atoms with Crippen molar-refractivity contribution in [1.29, 1.82) is 0 Å². The zero-order valence-corrected chi connectivity index (χ0v) is 12.4. The SMILES string of the molecule is COc1cccc(CC(=O)Nc2ccc(SC)cc2)c1. The van der Waals surface area contributed by atoms with Crippen LogP contribution in [0.3, 0.4) is 0 Å². The Morgan fingerprint density at radius 2 is 1.95 bits per heavy atom. The fraction of sp³-hybridized carbons (Fsp3) is 0.188. The minimum atomic E-state index is -0.0323. The Labute approximate surface area is 123 Å². The van der Waals surface area contributed by atoms with E-state index in [1.165, 1.54) is 4.90 Å². The van der Waals surface area contributed by atoms with Gasteiger partial charge in [-0.2, -0.15) is 0 Å². The first-order valence-corrected chi connectivity index (χ1v) is 7.50. The first kappa shape index (κ1) is 14.5. The van der Waals surface area contributed by atoms with Crippen molar-refractivity contribution in [2.24, 2.45) is 0 Å². The third kappa shape index (κ3) is 4.03. The predicted octanol–water partition coefficient (Wildman–Crippen LogP) is 3.60. The average Bonchev–Trinajstić information content (AvgIpc) is 2.48. The van der Waals surface area contributed by atoms with Crippen molar-refractivity contribution < 1.29 is 9.53 Å². The second kappa shape index (κ2) is 7.01. The zero-order valence-electron chi connectivity index (χ0n) is 11.6. The van der Waals surface area contributed by atoms with Gasteiger partial charge in [0.15, 0.2) is 0 Å². The van der Waals surface area contributed by atoms with Gasteiger partial charge in [0.1, 0.15) is 5.75 Å². The molecular formula is C16H17NO2S. The number of nitrogens with one attached hydrogen (secondary N) is 1. The van der Waals surface area contributed by atoms with Crippen LogP contribution in [0.2, 0.25) is 0 Å². The van der Waals surface area contributed by atoms with Crippen LogP contribution in [0.1, 0.15) is 5.56 Å². The number of carbonyl (C=O) groups is 1. The molecule has 104 valence electrons. The van der Waals surface area contributed by atoms with Crippen LogP contribution in [-0.4, -0.2) is 19.3 Å². The van der Waals surface area contributed by atoms with E-state index in [0.717, 1.165) is 17.0 Å². The van der Waals surface area contributed by atoms with Crippen LogP contribution in [0.25, 0.3) is 0 Å². The molecule has 0 aliphatic heterocycles. The van der Waals surface area contributed by atoms with E-state index in [1.807, 2.05) is 54.8 Å². The maximum absolute atomic E-state index is 12.0. The van der Waals surface area contributed by atoms with E-state index in [9.17, 15) is 4.79 Å². The molecule has 0 aromatic heterocycles. The van der Waals surface area contributed by atoms with E-state index in [4.69, 9.17) is 4.74 Å². The van der Waals surface area contributed by atoms with Crippen LogP contribution in [0.5, 0.6) is 5.75 Å². The minimum Gasteiger partial charge on any atom is -0.497 e. The molecule has 0 atom stereocenters. The number of rotatable bonds is 5. The van der Waals surface area contributed by atoms with E-state index in [-0.39, 0.29) is 5.91 Å². The van der Waals surface area contributed by atoms with E-state index in [2.05, 4.69) is 5.32 Å². The molecule has 0 saturated heterocycles. The first-order valence-electron chi connectivity index (χ1n) is 6.28. The lowest BCUT2D eigenvalue weighted by atomic mass is 10.1. The van der Waals surface area contributed by atoms with Gasteiger partial charge in [-0.1, -0.05) is 12.1 Å². The number of hydrogen-bond donors (Lipinski definition) is 1. The molecule has 0 aliphatic carbocycles. The molecule has 1 amide bonds. The smallest absolute Gasteiger partial charge is 0.228 e. The van der Waals surface area contributed by atoms with Gasteiger partial charge in [0.2, 0.25) is 5.91 Å². The van der Waals surface area contributed by atoms with E-state index in [0.29, 0.717) is 6.42 Å². The van der Waals surface area contributed by atoms with E-state index < -0.39 is 0 Å². The number of hydrogen-bond acceptors (Lipinski definition) is 3. The van der Waals surface area contributed by atoms with Crippen molar-refractivity contribution in [2.75, 3.05) is 18.7 Å². The molecule has 20 heavy (non-hydrogen) atoms. The van der Waals surface area contributed by atoms with Gasteiger partial charge in [-0.15, -0.1) is 11.8 Å². The summed E-state index contributed by atoms with van der Waals surface area (Å²) in [5.41, 5.74) is 1.75. The highest BCUT2D eigenvalue weighted by Crippen LogP contribution is 2.18. The molecule has 0 bridgehead atoms. The Kier molecular flexibility index (Phi) is 5.07. The Balaban J connectivity index is 1.97. The molecular weight excluding hydrogens is 270 g/mol. The molecule has 3 nitrogen and oxygen atoms in total. The quantitative estimate of drug-likeness (QED) is 0.854. The van der Waals surface area contributed by atoms with Gasteiger partial charge in [-0.25, -0.2) is 0 Å². The van der Waals surface area contributed by atoms with Crippen LogP contribution in [0.15, 0.2) is 53.4 Å². The van der Waals surface area contributed by atoms with E-state index in [1.54, 1.807) is 18.9 Å². The van der Waals surface area contributed by atoms with Crippen LogP contribution in [0, 0.1) is 0 Å². The second-order valence-electron chi connectivity index (χ2n) is 4.30. The highest BCUT2D eigenvalue weighted by atomic mass is 32.2. The first-order chi connectivity index (χ1) is 9.71. The Morgan fingerprint density at radius 1 is 1.20 bits per heavy atom. The summed E-state index contributed by atoms with van der Waals surface area (Å²) >= 11 is 1.68. The molecule has 0 fully saturated rings. The summed E-state index contributed by atoms with van der Waals surface area (Å²) < 4.78 is 5.15. The molecule has 4 heteroatoms. The molecule has 0 saturated carbocycles. The Bertz CT molecular complexity index is 581. The topological polar surface area (TPSA) is 38.3 Å². The number of benzene rings is 2. The van der Waals surface area contributed by atoms with Crippen molar-refractivity contribution in [3.05, 3.63) is 54.1 Å². The van der Waals surface area contributed by atoms with Crippen LogP contribution >= 0.6 is 11.8 Å². The third-order valence-corrected chi connectivity index (χ3v) is 3.62. The Morgan fingerprint density at radius 3 is 2.60 bits per heavy atom. The minimum absolute atomic E-state index is 0.0323. The number of amides is 1. The maximum Gasteiger partial charge on any atom is 0.228 e. The largest absolute Gasteiger partial charge is 0.497 e. The molecule has 1 N–H and O–H groups in total. The number of ether oxygens (including phenoxy) is 1. The monoisotopic (exact) mass is 287 g/mol. The summed E-state index contributed by atoms with van der Waals surface area (Å²) in [5, 5.41) is 2.89. The standard InChI is InChI=1S/C16H17NO2S/c1-19-14-5-3-4-12(10-14)11-16(18)17-13-6-8-15(20-2)9-7-13/h3-10H,11H2,1-2H3,(H,17,18). The fourth-order valence-electron chi connectivity index (χ4n) is 1.85. The van der Waals surface area contributed by atoms with Crippen LogP contribution in [-0.2, 0) is 11.2 Å². The lowest BCUT2D eigenvalue weighted by molar-refractivity contribution is -0.115. The van der Waals surface area contributed by atoms with Gasteiger partial charge in [0.25, 0.3) is 0 Å². The highest BCUT2D eigenvalue weighted by molar-refractivity contribution is 7.98. The zero-order chi connectivity index (χ0) is 14.4. The summed E-state index contributed by atoms with van der Waals surface area (Å²) in [7, 11) is 1.62. The molecule has 0 heterocycles. The van der Waals surface area contributed by atoms with E-state index >= 15 is 0 Å². The van der Waals surface area contributed by atoms with Crippen LogP contribution in [0.4, 0.5) is 5.69 Å². The van der Waals surface area contributed by atoms with Crippen molar-refractivity contribution in [2.45, 2.75) is 11.3 Å². The lowest BCUT2D eigenvalue weighted by Crippen LogP contribution is -2.14. The van der Waals surface area contributed by atoms with Crippen molar-refractivity contribution in [1.82, 2.24) is 0 Å². The van der Waals surface area contributed by atoms with Gasteiger partial charge < -0.3 is 10.1 Å². The van der Waals surface area contributed by atoms with Gasteiger partial charge >= 0.3 is 0 Å². The molecule has 2 rings (SSSR count). The van der Waals surface area contributed by atoms with Crippen LogP contribution < -0.4 is 10.1 Å². The summed E-state index contributed by atoms with van der Waals surface area (Å²) in [6.07, 6.45) is 2.36. The second-order valence-corrected chi connectivity index (χ2v) is 5.18. The van der Waals surface area contributed by atoms with Crippen molar-refractivity contribution in [3.63, 3.8) is 0 Å².